The average Bonchev–Trinajstić information content (AvgIpc) is 2.46. The summed E-state index contributed by atoms with van der Waals surface area (Å²) in [6, 6.07) is 3.96. The van der Waals surface area contributed by atoms with Crippen molar-refractivity contribution in [1.29, 1.82) is 0 Å². The van der Waals surface area contributed by atoms with Crippen LogP contribution in [0.4, 0.5) is 19.0 Å². The number of aromatic nitrogens is 1. The van der Waals surface area contributed by atoms with Crippen molar-refractivity contribution in [2.75, 3.05) is 24.6 Å². The standard InChI is InChI=1S/C14H19F3N2O/c1-2-13(10-20)7-4-8-19(9-13)12-6-3-5-11(18-12)14(15,16)17/h3,5-6,20H,2,4,7-10H2,1H3/t13-/m1/s1. The van der Waals surface area contributed by atoms with Crippen LogP contribution in [0, 0.1) is 5.41 Å². The number of pyridine rings is 1. The van der Waals surface area contributed by atoms with E-state index in [2.05, 4.69) is 4.98 Å². The van der Waals surface area contributed by atoms with Gasteiger partial charge in [0, 0.05) is 18.5 Å². The first-order chi connectivity index (χ1) is 9.40. The quantitative estimate of drug-likeness (QED) is 0.928. The summed E-state index contributed by atoms with van der Waals surface area (Å²) in [5.41, 5.74) is -1.10. The van der Waals surface area contributed by atoms with Crippen molar-refractivity contribution in [2.24, 2.45) is 5.41 Å². The van der Waals surface area contributed by atoms with E-state index in [0.717, 1.165) is 25.3 Å². The topological polar surface area (TPSA) is 36.4 Å². The number of piperidine rings is 1. The Morgan fingerprint density at radius 1 is 1.40 bits per heavy atom. The van der Waals surface area contributed by atoms with Crippen molar-refractivity contribution in [2.45, 2.75) is 32.4 Å². The average molecular weight is 288 g/mol. The molecule has 3 nitrogen and oxygen atoms in total. The minimum absolute atomic E-state index is 0.0545. The molecule has 1 aliphatic heterocycles. The molecule has 1 fully saturated rings. The molecule has 6 heteroatoms. The number of rotatable bonds is 3. The van der Waals surface area contributed by atoms with Gasteiger partial charge in [-0.25, -0.2) is 4.98 Å². The molecule has 0 spiro atoms. The molecule has 0 radical (unpaired) electrons. The molecule has 1 saturated heterocycles. The van der Waals surface area contributed by atoms with Gasteiger partial charge in [-0.15, -0.1) is 0 Å². The number of anilines is 1. The summed E-state index contributed by atoms with van der Waals surface area (Å²) >= 11 is 0. The van der Waals surface area contributed by atoms with E-state index in [4.69, 9.17) is 0 Å². The van der Waals surface area contributed by atoms with E-state index < -0.39 is 11.9 Å². The lowest BCUT2D eigenvalue weighted by Gasteiger charge is -2.42. The second-order valence-electron chi connectivity index (χ2n) is 5.42. The summed E-state index contributed by atoms with van der Waals surface area (Å²) in [6.07, 6.45) is -1.87. The van der Waals surface area contributed by atoms with Crippen molar-refractivity contribution in [3.05, 3.63) is 23.9 Å². The minimum atomic E-state index is -4.43. The molecule has 0 unspecified atom stereocenters. The molecular weight excluding hydrogens is 269 g/mol. The summed E-state index contributed by atoms with van der Waals surface area (Å²) in [5.74, 6) is 0.339. The van der Waals surface area contributed by atoms with Crippen LogP contribution in [0.3, 0.4) is 0 Å². The molecule has 2 rings (SSSR count). The first kappa shape index (κ1) is 15.1. The molecule has 0 amide bonds. The fraction of sp³-hybridized carbons (Fsp3) is 0.643. The highest BCUT2D eigenvalue weighted by atomic mass is 19.4. The van der Waals surface area contributed by atoms with E-state index in [1.165, 1.54) is 6.07 Å². The van der Waals surface area contributed by atoms with Crippen LogP contribution in [0.25, 0.3) is 0 Å². The summed E-state index contributed by atoms with van der Waals surface area (Å²) in [5, 5.41) is 9.56. The lowest BCUT2D eigenvalue weighted by atomic mass is 9.78. The normalized spacial score (nSPS) is 23.9. The number of alkyl halides is 3. The van der Waals surface area contributed by atoms with E-state index in [1.54, 1.807) is 6.07 Å². The van der Waals surface area contributed by atoms with Gasteiger partial charge in [0.15, 0.2) is 0 Å². The lowest BCUT2D eigenvalue weighted by molar-refractivity contribution is -0.141. The molecule has 20 heavy (non-hydrogen) atoms. The Hall–Kier alpha value is -1.30. The van der Waals surface area contributed by atoms with Crippen LogP contribution in [0.15, 0.2) is 18.2 Å². The zero-order valence-corrected chi connectivity index (χ0v) is 11.5. The molecule has 0 aromatic carbocycles. The molecule has 112 valence electrons. The van der Waals surface area contributed by atoms with E-state index in [-0.39, 0.29) is 12.0 Å². The second kappa shape index (κ2) is 5.60. The Morgan fingerprint density at radius 3 is 2.75 bits per heavy atom. The van der Waals surface area contributed by atoms with Crippen LogP contribution in [0.2, 0.25) is 0 Å². The zero-order valence-electron chi connectivity index (χ0n) is 11.5. The van der Waals surface area contributed by atoms with Gasteiger partial charge in [-0.05, 0) is 31.4 Å². The van der Waals surface area contributed by atoms with Crippen molar-refractivity contribution >= 4 is 5.82 Å². The summed E-state index contributed by atoms with van der Waals surface area (Å²) in [4.78, 5) is 5.57. The van der Waals surface area contributed by atoms with E-state index in [0.29, 0.717) is 18.9 Å². The monoisotopic (exact) mass is 288 g/mol. The summed E-state index contributed by atoms with van der Waals surface area (Å²) in [7, 11) is 0. The third-order valence-corrected chi connectivity index (χ3v) is 4.10. The van der Waals surface area contributed by atoms with Crippen molar-refractivity contribution in [3.63, 3.8) is 0 Å². The minimum Gasteiger partial charge on any atom is -0.396 e. The molecule has 1 N–H and O–H groups in total. The van der Waals surface area contributed by atoms with Gasteiger partial charge in [-0.1, -0.05) is 13.0 Å². The molecular formula is C14H19F3N2O. The van der Waals surface area contributed by atoms with Gasteiger partial charge < -0.3 is 10.0 Å². The predicted octanol–water partition coefficient (Wildman–Crippen LogP) is 3.09. The summed E-state index contributed by atoms with van der Waals surface area (Å²) < 4.78 is 38.1. The molecule has 1 atom stereocenters. The van der Waals surface area contributed by atoms with Gasteiger partial charge in [-0.2, -0.15) is 13.2 Å². The fourth-order valence-corrected chi connectivity index (χ4v) is 2.69. The molecule has 0 saturated carbocycles. The highest BCUT2D eigenvalue weighted by Crippen LogP contribution is 2.35. The van der Waals surface area contributed by atoms with Crippen LogP contribution in [-0.4, -0.2) is 29.8 Å². The van der Waals surface area contributed by atoms with E-state index >= 15 is 0 Å². The van der Waals surface area contributed by atoms with Crippen LogP contribution >= 0.6 is 0 Å². The van der Waals surface area contributed by atoms with Crippen LogP contribution in [-0.2, 0) is 6.18 Å². The van der Waals surface area contributed by atoms with Gasteiger partial charge in [-0.3, -0.25) is 0 Å². The largest absolute Gasteiger partial charge is 0.433 e. The molecule has 1 aliphatic rings. The number of halogens is 3. The van der Waals surface area contributed by atoms with Gasteiger partial charge in [0.25, 0.3) is 0 Å². The van der Waals surface area contributed by atoms with Crippen LogP contribution in [0.5, 0.6) is 0 Å². The summed E-state index contributed by atoms with van der Waals surface area (Å²) in [6.45, 7) is 3.28. The van der Waals surface area contributed by atoms with E-state index in [9.17, 15) is 18.3 Å². The second-order valence-corrected chi connectivity index (χ2v) is 5.42. The highest BCUT2D eigenvalue weighted by Gasteiger charge is 2.36. The first-order valence-electron chi connectivity index (χ1n) is 6.80. The molecule has 1 aromatic rings. The highest BCUT2D eigenvalue weighted by molar-refractivity contribution is 5.40. The fourth-order valence-electron chi connectivity index (χ4n) is 2.69. The van der Waals surface area contributed by atoms with Gasteiger partial charge in [0.2, 0.25) is 0 Å². The zero-order chi connectivity index (χ0) is 14.8. The number of hydrogen-bond donors (Lipinski definition) is 1. The Balaban J connectivity index is 2.23. The van der Waals surface area contributed by atoms with Crippen molar-refractivity contribution in [3.8, 4) is 0 Å². The Morgan fingerprint density at radius 2 is 2.15 bits per heavy atom. The number of hydrogen-bond acceptors (Lipinski definition) is 3. The Labute approximate surface area is 116 Å². The number of aliphatic hydroxyl groups excluding tert-OH is 1. The SMILES string of the molecule is CC[C@@]1(CO)CCCN(c2cccc(C(F)(F)F)n2)C1. The molecule has 0 bridgehead atoms. The van der Waals surface area contributed by atoms with Crippen LogP contribution in [0.1, 0.15) is 31.9 Å². The van der Waals surface area contributed by atoms with Gasteiger partial charge in [0.1, 0.15) is 11.5 Å². The maximum atomic E-state index is 12.7. The van der Waals surface area contributed by atoms with E-state index in [1.807, 2.05) is 11.8 Å². The lowest BCUT2D eigenvalue weighted by Crippen LogP contribution is -2.45. The predicted molar refractivity (Wildman–Crippen MR) is 70.5 cm³/mol. The third-order valence-electron chi connectivity index (χ3n) is 4.10. The van der Waals surface area contributed by atoms with Crippen LogP contribution < -0.4 is 4.90 Å². The van der Waals surface area contributed by atoms with Gasteiger partial charge in [0.05, 0.1) is 6.61 Å². The van der Waals surface area contributed by atoms with Crippen molar-refractivity contribution in [1.82, 2.24) is 4.98 Å². The molecule has 0 aliphatic carbocycles. The number of nitrogens with zero attached hydrogens (tertiary/aromatic N) is 2. The maximum Gasteiger partial charge on any atom is 0.433 e. The van der Waals surface area contributed by atoms with Crippen molar-refractivity contribution < 1.29 is 18.3 Å². The molecule has 2 heterocycles. The number of aliphatic hydroxyl groups is 1. The Bertz CT molecular complexity index is 458. The smallest absolute Gasteiger partial charge is 0.396 e. The van der Waals surface area contributed by atoms with Gasteiger partial charge >= 0.3 is 6.18 Å². The Kier molecular flexibility index (Phi) is 4.22. The third kappa shape index (κ3) is 3.06. The molecule has 1 aromatic heterocycles. The maximum absolute atomic E-state index is 12.7. The first-order valence-corrected chi connectivity index (χ1v) is 6.80.